The number of aromatic nitrogens is 1. The van der Waals surface area contributed by atoms with Gasteiger partial charge in [-0.05, 0) is 43.2 Å². The number of pyridine rings is 1. The molecule has 0 saturated carbocycles. The van der Waals surface area contributed by atoms with Crippen molar-refractivity contribution in [3.63, 3.8) is 0 Å². The minimum Gasteiger partial charge on any atom is -0.477 e. The van der Waals surface area contributed by atoms with E-state index in [0.29, 0.717) is 0 Å². The predicted octanol–water partition coefficient (Wildman–Crippen LogP) is 2.72. The van der Waals surface area contributed by atoms with Crippen LogP contribution in [0.3, 0.4) is 0 Å². The third-order valence-electron chi connectivity index (χ3n) is 4.47. The van der Waals surface area contributed by atoms with Gasteiger partial charge in [0.05, 0.1) is 0 Å². The molecule has 1 aromatic carbocycles. The normalized spacial score (nSPS) is 14.9. The summed E-state index contributed by atoms with van der Waals surface area (Å²) in [6.45, 7) is 7.78. The molecule has 2 aromatic rings. The Balaban J connectivity index is 1.72. The number of benzene rings is 1. The molecule has 0 spiro atoms. The van der Waals surface area contributed by atoms with Crippen LogP contribution in [0.1, 0.15) is 21.6 Å². The zero-order valence-corrected chi connectivity index (χ0v) is 13.5. The Hall–Kier alpha value is -2.56. The van der Waals surface area contributed by atoms with Crippen molar-refractivity contribution in [2.45, 2.75) is 13.8 Å². The van der Waals surface area contributed by atoms with Crippen molar-refractivity contribution < 1.29 is 9.90 Å². The van der Waals surface area contributed by atoms with Crippen LogP contribution in [-0.2, 0) is 0 Å². The summed E-state index contributed by atoms with van der Waals surface area (Å²) in [6.07, 6.45) is 0. The molecule has 1 aromatic heterocycles. The van der Waals surface area contributed by atoms with Gasteiger partial charge in [-0.1, -0.05) is 18.2 Å². The molecule has 1 fully saturated rings. The van der Waals surface area contributed by atoms with Gasteiger partial charge in [0.2, 0.25) is 0 Å². The van der Waals surface area contributed by atoms with Gasteiger partial charge in [0.1, 0.15) is 5.82 Å². The minimum absolute atomic E-state index is 0.0967. The van der Waals surface area contributed by atoms with E-state index in [1.165, 1.54) is 22.9 Å². The van der Waals surface area contributed by atoms with Crippen LogP contribution in [-0.4, -0.2) is 42.2 Å². The lowest BCUT2D eigenvalue weighted by molar-refractivity contribution is 0.0690. The molecular formula is C18H21N3O2. The smallest absolute Gasteiger partial charge is 0.354 e. The maximum absolute atomic E-state index is 11.1. The minimum atomic E-state index is -0.985. The Morgan fingerprint density at radius 2 is 1.65 bits per heavy atom. The number of hydrogen-bond acceptors (Lipinski definition) is 4. The maximum atomic E-state index is 11.1. The van der Waals surface area contributed by atoms with E-state index in [9.17, 15) is 4.79 Å². The summed E-state index contributed by atoms with van der Waals surface area (Å²) in [6, 6.07) is 11.6. The van der Waals surface area contributed by atoms with E-state index in [2.05, 4.69) is 46.8 Å². The van der Waals surface area contributed by atoms with Gasteiger partial charge in [0, 0.05) is 31.9 Å². The fraction of sp³-hybridized carbons (Fsp3) is 0.333. The van der Waals surface area contributed by atoms with Gasteiger partial charge >= 0.3 is 5.97 Å². The predicted molar refractivity (Wildman–Crippen MR) is 91.5 cm³/mol. The van der Waals surface area contributed by atoms with Gasteiger partial charge < -0.3 is 14.9 Å². The second-order valence-corrected chi connectivity index (χ2v) is 5.88. The highest BCUT2D eigenvalue weighted by molar-refractivity contribution is 5.85. The van der Waals surface area contributed by atoms with Crippen LogP contribution >= 0.6 is 0 Å². The number of anilines is 2. The van der Waals surface area contributed by atoms with Crippen LogP contribution < -0.4 is 9.80 Å². The molecule has 0 amide bonds. The third-order valence-corrected chi connectivity index (χ3v) is 4.47. The summed E-state index contributed by atoms with van der Waals surface area (Å²) >= 11 is 0. The SMILES string of the molecule is Cc1cccc(N2CCN(c3cccc(C(=O)O)n3)CC2)c1C. The van der Waals surface area contributed by atoms with Crippen molar-refractivity contribution in [1.29, 1.82) is 0 Å². The van der Waals surface area contributed by atoms with Gasteiger partial charge in [0.15, 0.2) is 5.69 Å². The van der Waals surface area contributed by atoms with E-state index < -0.39 is 5.97 Å². The summed E-state index contributed by atoms with van der Waals surface area (Å²) < 4.78 is 0. The molecule has 2 heterocycles. The molecule has 0 atom stereocenters. The number of nitrogens with zero attached hydrogens (tertiary/aromatic N) is 3. The number of rotatable bonds is 3. The van der Waals surface area contributed by atoms with Crippen LogP contribution in [0.2, 0.25) is 0 Å². The Morgan fingerprint density at radius 3 is 2.35 bits per heavy atom. The molecule has 0 bridgehead atoms. The second kappa shape index (κ2) is 6.28. The Morgan fingerprint density at radius 1 is 1.00 bits per heavy atom. The zero-order chi connectivity index (χ0) is 16.4. The quantitative estimate of drug-likeness (QED) is 0.944. The lowest BCUT2D eigenvalue weighted by Gasteiger charge is -2.37. The van der Waals surface area contributed by atoms with Crippen LogP contribution in [0.5, 0.6) is 0 Å². The highest BCUT2D eigenvalue weighted by Crippen LogP contribution is 2.25. The maximum Gasteiger partial charge on any atom is 0.354 e. The summed E-state index contributed by atoms with van der Waals surface area (Å²) in [5.41, 5.74) is 4.02. The lowest BCUT2D eigenvalue weighted by Crippen LogP contribution is -2.47. The van der Waals surface area contributed by atoms with E-state index in [1.54, 1.807) is 6.07 Å². The molecule has 0 unspecified atom stereocenters. The molecular weight excluding hydrogens is 290 g/mol. The first-order valence-corrected chi connectivity index (χ1v) is 7.83. The number of aromatic carboxylic acids is 1. The Kier molecular flexibility index (Phi) is 4.19. The molecule has 1 N–H and O–H groups in total. The van der Waals surface area contributed by atoms with Gasteiger partial charge in [0.25, 0.3) is 0 Å². The molecule has 120 valence electrons. The summed E-state index contributed by atoms with van der Waals surface area (Å²) in [4.78, 5) is 19.8. The number of carboxylic acid groups (broad SMARTS) is 1. The number of hydrogen-bond donors (Lipinski definition) is 1. The molecule has 0 radical (unpaired) electrons. The van der Waals surface area contributed by atoms with Crippen molar-refractivity contribution >= 4 is 17.5 Å². The average molecular weight is 311 g/mol. The largest absolute Gasteiger partial charge is 0.477 e. The Bertz CT molecular complexity index is 722. The second-order valence-electron chi connectivity index (χ2n) is 5.88. The molecule has 5 nitrogen and oxygen atoms in total. The first-order chi connectivity index (χ1) is 11.1. The van der Waals surface area contributed by atoms with Gasteiger partial charge in [-0.15, -0.1) is 0 Å². The van der Waals surface area contributed by atoms with Crippen LogP contribution in [0, 0.1) is 13.8 Å². The summed E-state index contributed by atoms with van der Waals surface area (Å²) in [5, 5.41) is 9.07. The van der Waals surface area contributed by atoms with E-state index in [0.717, 1.165) is 32.0 Å². The fourth-order valence-electron chi connectivity index (χ4n) is 2.97. The van der Waals surface area contributed by atoms with Crippen molar-refractivity contribution in [1.82, 2.24) is 4.98 Å². The van der Waals surface area contributed by atoms with Gasteiger partial charge in [-0.2, -0.15) is 0 Å². The van der Waals surface area contributed by atoms with E-state index >= 15 is 0 Å². The molecule has 1 aliphatic rings. The van der Waals surface area contributed by atoms with Gasteiger partial charge in [-0.25, -0.2) is 9.78 Å². The third kappa shape index (κ3) is 3.13. The first kappa shape index (κ1) is 15.3. The van der Waals surface area contributed by atoms with Crippen LogP contribution in [0.15, 0.2) is 36.4 Å². The lowest BCUT2D eigenvalue weighted by atomic mass is 10.1. The Labute approximate surface area is 136 Å². The highest BCUT2D eigenvalue weighted by Gasteiger charge is 2.20. The highest BCUT2D eigenvalue weighted by atomic mass is 16.4. The molecule has 1 saturated heterocycles. The molecule has 3 rings (SSSR count). The van der Waals surface area contributed by atoms with Crippen molar-refractivity contribution in [2.24, 2.45) is 0 Å². The van der Waals surface area contributed by atoms with Crippen LogP contribution in [0.25, 0.3) is 0 Å². The number of carboxylic acids is 1. The number of piperazine rings is 1. The average Bonchev–Trinajstić information content (AvgIpc) is 2.58. The molecule has 5 heteroatoms. The van der Waals surface area contributed by atoms with Crippen molar-refractivity contribution in [3.8, 4) is 0 Å². The van der Waals surface area contributed by atoms with Crippen molar-refractivity contribution in [2.75, 3.05) is 36.0 Å². The molecule has 0 aliphatic carbocycles. The molecule has 1 aliphatic heterocycles. The fourth-order valence-corrected chi connectivity index (χ4v) is 2.97. The summed E-state index contributed by atoms with van der Waals surface area (Å²) in [5.74, 6) is -0.244. The van der Waals surface area contributed by atoms with Crippen LogP contribution in [0.4, 0.5) is 11.5 Å². The monoisotopic (exact) mass is 311 g/mol. The number of aryl methyl sites for hydroxylation is 1. The van der Waals surface area contributed by atoms with Crippen molar-refractivity contribution in [3.05, 3.63) is 53.2 Å². The summed E-state index contributed by atoms with van der Waals surface area (Å²) in [7, 11) is 0. The number of carbonyl (C=O) groups is 1. The van der Waals surface area contributed by atoms with Gasteiger partial charge in [-0.3, -0.25) is 0 Å². The zero-order valence-electron chi connectivity index (χ0n) is 13.5. The molecule has 23 heavy (non-hydrogen) atoms. The standard InChI is InChI=1S/C18H21N3O2/c1-13-5-3-7-16(14(13)2)20-9-11-21(12-10-20)17-8-4-6-15(19-17)18(22)23/h3-8H,9-12H2,1-2H3,(H,22,23). The topological polar surface area (TPSA) is 56.7 Å². The first-order valence-electron chi connectivity index (χ1n) is 7.83. The van der Waals surface area contributed by atoms with E-state index in [4.69, 9.17) is 5.11 Å². The van der Waals surface area contributed by atoms with E-state index in [1.807, 2.05) is 6.07 Å². The van der Waals surface area contributed by atoms with E-state index in [-0.39, 0.29) is 5.69 Å².